The standard InChI is InChI=1S/C14H16ClF3N2O/c1-9(2)21-11-5-3-4-10-13(11)19-12(6-7-15)20(10)8-14(16,17)18/h3-5,9H,6-8H2,1-2H3. The monoisotopic (exact) mass is 320 g/mol. The lowest BCUT2D eigenvalue weighted by Gasteiger charge is -2.12. The molecule has 0 amide bonds. The molecule has 0 saturated heterocycles. The van der Waals surface area contributed by atoms with Gasteiger partial charge in [-0.05, 0) is 26.0 Å². The fraction of sp³-hybridized carbons (Fsp3) is 0.500. The molecular formula is C14H16ClF3N2O. The average molecular weight is 321 g/mol. The predicted octanol–water partition coefficient (Wildman–Crippen LogP) is 4.17. The quantitative estimate of drug-likeness (QED) is 0.773. The van der Waals surface area contributed by atoms with Crippen molar-refractivity contribution in [2.45, 2.75) is 39.1 Å². The zero-order valence-electron chi connectivity index (χ0n) is 11.7. The van der Waals surface area contributed by atoms with Gasteiger partial charge in [-0.1, -0.05) is 6.07 Å². The van der Waals surface area contributed by atoms with Crippen molar-refractivity contribution in [3.8, 4) is 5.75 Å². The molecule has 0 unspecified atom stereocenters. The maximum Gasteiger partial charge on any atom is 0.406 e. The molecule has 2 aromatic rings. The van der Waals surface area contributed by atoms with Gasteiger partial charge in [0, 0.05) is 12.3 Å². The number of hydrogen-bond acceptors (Lipinski definition) is 2. The normalized spacial score (nSPS) is 12.3. The van der Waals surface area contributed by atoms with E-state index < -0.39 is 12.7 Å². The van der Waals surface area contributed by atoms with Crippen molar-refractivity contribution in [1.82, 2.24) is 9.55 Å². The van der Waals surface area contributed by atoms with Gasteiger partial charge < -0.3 is 9.30 Å². The van der Waals surface area contributed by atoms with Crippen molar-refractivity contribution in [1.29, 1.82) is 0 Å². The molecule has 3 nitrogen and oxygen atoms in total. The van der Waals surface area contributed by atoms with Crippen molar-refractivity contribution >= 4 is 22.6 Å². The Morgan fingerprint density at radius 2 is 2.05 bits per heavy atom. The van der Waals surface area contributed by atoms with Crippen LogP contribution in [0.5, 0.6) is 5.75 Å². The average Bonchev–Trinajstić information content (AvgIpc) is 2.67. The SMILES string of the molecule is CC(C)Oc1cccc2c1nc(CCCl)n2CC(F)(F)F. The molecule has 0 atom stereocenters. The van der Waals surface area contributed by atoms with Gasteiger partial charge in [-0.15, -0.1) is 11.6 Å². The molecule has 21 heavy (non-hydrogen) atoms. The van der Waals surface area contributed by atoms with E-state index >= 15 is 0 Å². The van der Waals surface area contributed by atoms with E-state index in [1.807, 2.05) is 13.8 Å². The van der Waals surface area contributed by atoms with Gasteiger partial charge in [0.2, 0.25) is 0 Å². The number of hydrogen-bond donors (Lipinski definition) is 0. The van der Waals surface area contributed by atoms with E-state index in [0.29, 0.717) is 22.6 Å². The number of aromatic nitrogens is 2. The van der Waals surface area contributed by atoms with Gasteiger partial charge in [-0.25, -0.2) is 4.98 Å². The van der Waals surface area contributed by atoms with Gasteiger partial charge >= 0.3 is 6.18 Å². The second-order valence-electron chi connectivity index (χ2n) is 4.96. The molecule has 116 valence electrons. The minimum absolute atomic E-state index is 0.0835. The minimum Gasteiger partial charge on any atom is -0.489 e. The van der Waals surface area contributed by atoms with Crippen LogP contribution in [0.15, 0.2) is 18.2 Å². The van der Waals surface area contributed by atoms with E-state index in [0.717, 1.165) is 4.57 Å². The first-order valence-electron chi connectivity index (χ1n) is 6.59. The third-order valence-electron chi connectivity index (χ3n) is 2.84. The summed E-state index contributed by atoms with van der Waals surface area (Å²) >= 11 is 5.67. The number of rotatable bonds is 5. The Morgan fingerprint density at radius 3 is 2.62 bits per heavy atom. The van der Waals surface area contributed by atoms with Crippen molar-refractivity contribution < 1.29 is 17.9 Å². The number of benzene rings is 1. The minimum atomic E-state index is -4.32. The molecule has 0 bridgehead atoms. The number of nitrogens with zero attached hydrogens (tertiary/aromatic N) is 2. The molecule has 0 saturated carbocycles. The van der Waals surface area contributed by atoms with E-state index in [2.05, 4.69) is 4.98 Å². The van der Waals surface area contributed by atoms with E-state index in [9.17, 15) is 13.2 Å². The Labute approximate surface area is 125 Å². The summed E-state index contributed by atoms with van der Waals surface area (Å²) in [5.74, 6) is 1.01. The highest BCUT2D eigenvalue weighted by atomic mass is 35.5. The van der Waals surface area contributed by atoms with Gasteiger partial charge in [0.1, 0.15) is 23.6 Å². The van der Waals surface area contributed by atoms with Crippen LogP contribution in [-0.2, 0) is 13.0 Å². The van der Waals surface area contributed by atoms with Crippen LogP contribution in [0.3, 0.4) is 0 Å². The summed E-state index contributed by atoms with van der Waals surface area (Å²) in [4.78, 5) is 4.29. The van der Waals surface area contributed by atoms with Gasteiger partial charge in [-0.2, -0.15) is 13.2 Å². The third kappa shape index (κ3) is 3.81. The molecule has 0 aliphatic heterocycles. The van der Waals surface area contributed by atoms with E-state index in [-0.39, 0.29) is 18.4 Å². The molecule has 0 aliphatic rings. The van der Waals surface area contributed by atoms with E-state index in [4.69, 9.17) is 16.3 Å². The van der Waals surface area contributed by atoms with Crippen molar-refractivity contribution in [3.05, 3.63) is 24.0 Å². The molecule has 0 N–H and O–H groups in total. The lowest BCUT2D eigenvalue weighted by atomic mass is 10.3. The number of fused-ring (bicyclic) bond motifs is 1. The van der Waals surface area contributed by atoms with Gasteiger partial charge in [0.25, 0.3) is 0 Å². The van der Waals surface area contributed by atoms with Crippen LogP contribution in [0.25, 0.3) is 11.0 Å². The van der Waals surface area contributed by atoms with Crippen LogP contribution in [0.2, 0.25) is 0 Å². The molecule has 0 spiro atoms. The lowest BCUT2D eigenvalue weighted by molar-refractivity contribution is -0.140. The zero-order chi connectivity index (χ0) is 15.6. The highest BCUT2D eigenvalue weighted by molar-refractivity contribution is 6.17. The van der Waals surface area contributed by atoms with Crippen LogP contribution < -0.4 is 4.74 Å². The third-order valence-corrected chi connectivity index (χ3v) is 3.03. The summed E-state index contributed by atoms with van der Waals surface area (Å²) in [5, 5.41) is 0. The highest BCUT2D eigenvalue weighted by Gasteiger charge is 2.30. The number of imidazole rings is 1. The fourth-order valence-corrected chi connectivity index (χ4v) is 2.32. The maximum absolute atomic E-state index is 12.8. The molecule has 1 aromatic carbocycles. The fourth-order valence-electron chi connectivity index (χ4n) is 2.15. The molecule has 0 radical (unpaired) electrons. The first-order chi connectivity index (χ1) is 9.81. The Kier molecular flexibility index (Phi) is 4.66. The first kappa shape index (κ1) is 15.9. The molecule has 2 rings (SSSR count). The van der Waals surface area contributed by atoms with Crippen LogP contribution in [0.4, 0.5) is 13.2 Å². The second kappa shape index (κ2) is 6.13. The van der Waals surface area contributed by atoms with E-state index in [1.165, 1.54) is 0 Å². The molecular weight excluding hydrogens is 305 g/mol. The van der Waals surface area contributed by atoms with Crippen LogP contribution in [-0.4, -0.2) is 27.7 Å². The Bertz CT molecular complexity index is 622. The van der Waals surface area contributed by atoms with Crippen LogP contribution in [0.1, 0.15) is 19.7 Å². The number of para-hydroxylation sites is 1. The number of alkyl halides is 4. The largest absolute Gasteiger partial charge is 0.489 e. The molecule has 7 heteroatoms. The molecule has 1 heterocycles. The Balaban J connectivity index is 2.56. The summed E-state index contributed by atoms with van der Waals surface area (Å²) in [6, 6.07) is 4.98. The highest BCUT2D eigenvalue weighted by Crippen LogP contribution is 2.29. The zero-order valence-corrected chi connectivity index (χ0v) is 12.5. The summed E-state index contributed by atoms with van der Waals surface area (Å²) in [6.07, 6.45) is -4.13. The van der Waals surface area contributed by atoms with Crippen molar-refractivity contribution in [2.75, 3.05) is 5.88 Å². The molecule has 1 aromatic heterocycles. The molecule has 0 aliphatic carbocycles. The van der Waals surface area contributed by atoms with Gasteiger partial charge in [-0.3, -0.25) is 0 Å². The number of halogens is 4. The summed E-state index contributed by atoms with van der Waals surface area (Å²) in [5.41, 5.74) is 0.848. The smallest absolute Gasteiger partial charge is 0.406 e. The van der Waals surface area contributed by atoms with Crippen molar-refractivity contribution in [2.24, 2.45) is 0 Å². The Morgan fingerprint density at radius 1 is 1.33 bits per heavy atom. The number of aryl methyl sites for hydroxylation is 1. The lowest BCUT2D eigenvalue weighted by Crippen LogP contribution is -2.19. The summed E-state index contributed by atoms with van der Waals surface area (Å²) < 4.78 is 45.1. The molecule has 0 fully saturated rings. The first-order valence-corrected chi connectivity index (χ1v) is 7.13. The summed E-state index contributed by atoms with van der Waals surface area (Å²) in [6.45, 7) is 2.62. The van der Waals surface area contributed by atoms with Crippen LogP contribution >= 0.6 is 11.6 Å². The van der Waals surface area contributed by atoms with Gasteiger partial charge in [0.05, 0.1) is 11.6 Å². The number of ether oxygens (including phenoxy) is 1. The maximum atomic E-state index is 12.8. The predicted molar refractivity (Wildman–Crippen MR) is 76.0 cm³/mol. The van der Waals surface area contributed by atoms with Crippen molar-refractivity contribution in [3.63, 3.8) is 0 Å². The Hall–Kier alpha value is -1.43. The summed E-state index contributed by atoms with van der Waals surface area (Å²) in [7, 11) is 0. The van der Waals surface area contributed by atoms with E-state index in [1.54, 1.807) is 18.2 Å². The topological polar surface area (TPSA) is 27.1 Å². The van der Waals surface area contributed by atoms with Gasteiger partial charge in [0.15, 0.2) is 0 Å². The van der Waals surface area contributed by atoms with Crippen LogP contribution in [0, 0.1) is 0 Å². The second-order valence-corrected chi connectivity index (χ2v) is 5.34.